The lowest BCUT2D eigenvalue weighted by molar-refractivity contribution is 0.183. The second-order valence-electron chi connectivity index (χ2n) is 6.62. The van der Waals surface area contributed by atoms with Gasteiger partial charge in [0.15, 0.2) is 5.96 Å². The molecule has 1 heterocycles. The van der Waals surface area contributed by atoms with Crippen molar-refractivity contribution in [1.29, 1.82) is 0 Å². The van der Waals surface area contributed by atoms with Crippen molar-refractivity contribution in [2.24, 2.45) is 10.9 Å². The second-order valence-corrected chi connectivity index (χ2v) is 7.54. The second kappa shape index (κ2) is 12.9. The lowest BCUT2D eigenvalue weighted by atomic mass is 9.98. The molecule has 1 aromatic rings. The minimum Gasteiger partial charge on any atom is -0.356 e. The molecule has 0 bridgehead atoms. The van der Waals surface area contributed by atoms with Gasteiger partial charge in [-0.3, -0.25) is 4.99 Å². The Bertz CT molecular complexity index is 570. The number of halogens is 3. The van der Waals surface area contributed by atoms with Crippen LogP contribution < -0.4 is 10.6 Å². The van der Waals surface area contributed by atoms with Crippen LogP contribution in [0.5, 0.6) is 0 Å². The van der Waals surface area contributed by atoms with Crippen LogP contribution in [0.15, 0.2) is 27.7 Å². The number of aliphatic imine (C=N–C) groups is 1. The zero-order valence-corrected chi connectivity index (χ0v) is 19.6. The van der Waals surface area contributed by atoms with E-state index in [1.165, 1.54) is 32.0 Å². The van der Waals surface area contributed by atoms with Gasteiger partial charge in [-0.25, -0.2) is 4.39 Å². The molecule has 1 fully saturated rings. The maximum atomic E-state index is 13.8. The van der Waals surface area contributed by atoms with Gasteiger partial charge in [0.2, 0.25) is 0 Å². The van der Waals surface area contributed by atoms with Gasteiger partial charge >= 0.3 is 0 Å². The number of nitrogens with one attached hydrogen (secondary N) is 2. The number of benzene rings is 1. The number of aryl methyl sites for hydroxylation is 1. The van der Waals surface area contributed by atoms with Crippen molar-refractivity contribution in [1.82, 2.24) is 15.5 Å². The van der Waals surface area contributed by atoms with E-state index in [1.54, 1.807) is 7.05 Å². The Kier molecular flexibility index (Phi) is 11.7. The largest absolute Gasteiger partial charge is 0.356 e. The van der Waals surface area contributed by atoms with E-state index in [4.69, 9.17) is 0 Å². The molecule has 26 heavy (non-hydrogen) atoms. The van der Waals surface area contributed by atoms with Crippen LogP contribution in [0, 0.1) is 11.7 Å². The van der Waals surface area contributed by atoms with Gasteiger partial charge in [-0.05, 0) is 62.4 Å². The van der Waals surface area contributed by atoms with Crippen molar-refractivity contribution in [2.45, 2.75) is 32.6 Å². The molecule has 148 valence electrons. The standard InChI is InChI=1S/C19H30BrFN4.HI/c1-3-25-11-5-6-15(14-25)13-24-19(22-2)23-10-4-7-16-8-9-17(20)12-18(16)21;/h8-9,12,15H,3-7,10-11,13-14H2,1-2H3,(H2,22,23,24);1H. The lowest BCUT2D eigenvalue weighted by Crippen LogP contribution is -2.44. The molecular formula is C19H31BrFIN4. The molecule has 2 rings (SSSR count). The average molecular weight is 541 g/mol. The van der Waals surface area contributed by atoms with E-state index >= 15 is 0 Å². The van der Waals surface area contributed by atoms with E-state index in [9.17, 15) is 4.39 Å². The van der Waals surface area contributed by atoms with Crippen molar-refractivity contribution < 1.29 is 4.39 Å². The summed E-state index contributed by atoms with van der Waals surface area (Å²) in [5.74, 6) is 1.38. The van der Waals surface area contributed by atoms with E-state index in [0.29, 0.717) is 5.92 Å². The Balaban J connectivity index is 0.00000338. The van der Waals surface area contributed by atoms with E-state index in [0.717, 1.165) is 48.5 Å². The predicted octanol–water partition coefficient (Wildman–Crippen LogP) is 4.04. The average Bonchev–Trinajstić information content (AvgIpc) is 2.62. The Labute approximate surface area is 182 Å². The van der Waals surface area contributed by atoms with Gasteiger partial charge in [0.25, 0.3) is 0 Å². The quantitative estimate of drug-likeness (QED) is 0.237. The Morgan fingerprint density at radius 2 is 2.19 bits per heavy atom. The summed E-state index contributed by atoms with van der Waals surface area (Å²) in [5.41, 5.74) is 0.759. The monoisotopic (exact) mass is 540 g/mol. The van der Waals surface area contributed by atoms with Gasteiger partial charge in [0, 0.05) is 31.2 Å². The predicted molar refractivity (Wildman–Crippen MR) is 122 cm³/mol. The number of hydrogen-bond acceptors (Lipinski definition) is 2. The van der Waals surface area contributed by atoms with Crippen LogP contribution in [-0.2, 0) is 6.42 Å². The van der Waals surface area contributed by atoms with Crippen molar-refractivity contribution in [2.75, 3.05) is 39.8 Å². The summed E-state index contributed by atoms with van der Waals surface area (Å²) >= 11 is 3.29. The summed E-state index contributed by atoms with van der Waals surface area (Å²) in [4.78, 5) is 6.80. The van der Waals surface area contributed by atoms with Gasteiger partial charge in [0.05, 0.1) is 0 Å². The molecule has 1 aromatic carbocycles. The highest BCUT2D eigenvalue weighted by molar-refractivity contribution is 14.0. The molecule has 7 heteroatoms. The van der Waals surface area contributed by atoms with Crippen molar-refractivity contribution in [3.8, 4) is 0 Å². The summed E-state index contributed by atoms with van der Waals surface area (Å²) in [6.45, 7) is 7.50. The van der Waals surface area contributed by atoms with Gasteiger partial charge < -0.3 is 15.5 Å². The molecule has 1 aliphatic rings. The van der Waals surface area contributed by atoms with Gasteiger partial charge in [0.1, 0.15) is 5.82 Å². The maximum absolute atomic E-state index is 13.8. The first-order chi connectivity index (χ1) is 12.1. The number of piperidine rings is 1. The highest BCUT2D eigenvalue weighted by Gasteiger charge is 2.18. The topological polar surface area (TPSA) is 39.7 Å². The molecular weight excluding hydrogens is 510 g/mol. The van der Waals surface area contributed by atoms with Crippen LogP contribution in [0.4, 0.5) is 4.39 Å². The molecule has 1 unspecified atom stereocenters. The molecule has 0 aromatic heterocycles. The van der Waals surface area contributed by atoms with E-state index in [2.05, 4.69) is 43.4 Å². The molecule has 2 N–H and O–H groups in total. The molecule has 0 radical (unpaired) electrons. The first kappa shape index (κ1) is 23.6. The fourth-order valence-corrected chi connectivity index (χ4v) is 3.61. The molecule has 1 aliphatic heterocycles. The summed E-state index contributed by atoms with van der Waals surface area (Å²) in [6, 6.07) is 5.25. The third-order valence-electron chi connectivity index (χ3n) is 4.76. The van der Waals surface area contributed by atoms with Gasteiger partial charge in [-0.1, -0.05) is 28.9 Å². The highest BCUT2D eigenvalue weighted by Crippen LogP contribution is 2.16. The SMILES string of the molecule is CCN1CCCC(CNC(=NC)NCCCc2ccc(Br)cc2F)C1.I. The van der Waals surface area contributed by atoms with Crippen molar-refractivity contribution in [3.63, 3.8) is 0 Å². The minimum absolute atomic E-state index is 0. The first-order valence-corrected chi connectivity index (χ1v) is 10.0. The molecule has 4 nitrogen and oxygen atoms in total. The smallest absolute Gasteiger partial charge is 0.190 e. The molecule has 0 saturated carbocycles. The number of guanidine groups is 1. The van der Waals surface area contributed by atoms with Crippen LogP contribution in [0.25, 0.3) is 0 Å². The summed E-state index contributed by atoms with van der Waals surface area (Å²) in [5, 5.41) is 6.76. The number of likely N-dealkylation sites (tertiary alicyclic amines) is 1. The molecule has 1 atom stereocenters. The summed E-state index contributed by atoms with van der Waals surface area (Å²) in [7, 11) is 1.79. The normalized spacial score (nSPS) is 18.3. The van der Waals surface area contributed by atoms with Crippen molar-refractivity contribution in [3.05, 3.63) is 34.1 Å². The zero-order valence-electron chi connectivity index (χ0n) is 15.7. The van der Waals surface area contributed by atoms with Crippen LogP contribution in [0.2, 0.25) is 0 Å². The number of hydrogen-bond donors (Lipinski definition) is 2. The van der Waals surface area contributed by atoms with Gasteiger partial charge in [-0.2, -0.15) is 0 Å². The molecule has 1 saturated heterocycles. The van der Waals surface area contributed by atoms with E-state index < -0.39 is 0 Å². The van der Waals surface area contributed by atoms with Gasteiger partial charge in [-0.15, -0.1) is 24.0 Å². The molecule has 0 amide bonds. The molecule has 0 spiro atoms. The Hall–Kier alpha value is -0.410. The van der Waals surface area contributed by atoms with Crippen LogP contribution in [0.1, 0.15) is 31.7 Å². The minimum atomic E-state index is -0.144. The first-order valence-electron chi connectivity index (χ1n) is 9.23. The summed E-state index contributed by atoms with van der Waals surface area (Å²) < 4.78 is 14.6. The van der Waals surface area contributed by atoms with E-state index in [-0.39, 0.29) is 29.8 Å². The van der Waals surface area contributed by atoms with Crippen LogP contribution in [-0.4, -0.2) is 50.6 Å². The summed E-state index contributed by atoms with van der Waals surface area (Å²) in [6.07, 6.45) is 4.15. The third kappa shape index (κ3) is 8.08. The fraction of sp³-hybridized carbons (Fsp3) is 0.632. The maximum Gasteiger partial charge on any atom is 0.190 e. The Morgan fingerprint density at radius 3 is 2.88 bits per heavy atom. The van der Waals surface area contributed by atoms with E-state index in [1.807, 2.05) is 12.1 Å². The fourth-order valence-electron chi connectivity index (χ4n) is 3.28. The Morgan fingerprint density at radius 1 is 1.38 bits per heavy atom. The lowest BCUT2D eigenvalue weighted by Gasteiger charge is -2.32. The van der Waals surface area contributed by atoms with Crippen LogP contribution >= 0.6 is 39.9 Å². The third-order valence-corrected chi connectivity index (χ3v) is 5.26. The highest BCUT2D eigenvalue weighted by atomic mass is 127. The number of nitrogens with zero attached hydrogens (tertiary/aromatic N) is 2. The molecule has 0 aliphatic carbocycles. The zero-order chi connectivity index (χ0) is 18.1. The van der Waals surface area contributed by atoms with Crippen LogP contribution in [0.3, 0.4) is 0 Å². The van der Waals surface area contributed by atoms with Crippen molar-refractivity contribution >= 4 is 45.9 Å². The number of rotatable bonds is 7.